The van der Waals surface area contributed by atoms with Crippen LogP contribution in [0.3, 0.4) is 0 Å². The first kappa shape index (κ1) is 8.72. The maximum atomic E-state index is 2.30. The number of hydrogen-bond acceptors (Lipinski definition) is 0. The van der Waals surface area contributed by atoms with Crippen LogP contribution in [0.15, 0.2) is 70.9 Å². The zero-order chi connectivity index (χ0) is 10.5. The molecule has 3 aliphatic rings. The Hall–Kier alpha value is -1.56. The molecule has 0 aliphatic heterocycles. The second-order valence-corrected chi connectivity index (χ2v) is 4.80. The molecule has 0 bridgehead atoms. The van der Waals surface area contributed by atoms with Gasteiger partial charge in [0.2, 0.25) is 0 Å². The topological polar surface area (TPSA) is 0 Å². The zero-order valence-electron chi connectivity index (χ0n) is 9.12. The predicted molar refractivity (Wildman–Crippen MR) is 64.4 cm³/mol. The molecule has 0 saturated heterocycles. The minimum atomic E-state index is 0.144. The molecule has 0 nitrogen and oxygen atoms in total. The first-order valence-corrected chi connectivity index (χ1v) is 5.40. The maximum Gasteiger partial charge on any atom is 0.00847 e. The summed E-state index contributed by atoms with van der Waals surface area (Å²) < 4.78 is 0. The Balaban J connectivity index is 2.29. The van der Waals surface area contributed by atoms with Crippen LogP contribution < -0.4 is 0 Å². The quantitative estimate of drug-likeness (QED) is 0.549. The fourth-order valence-electron chi connectivity index (χ4n) is 2.43. The monoisotopic (exact) mass is 194 g/mol. The molecule has 0 heteroatoms. The normalized spacial score (nSPS) is 24.9. The van der Waals surface area contributed by atoms with Crippen molar-refractivity contribution in [2.24, 2.45) is 5.41 Å². The molecule has 0 spiro atoms. The fraction of sp³-hybridized carbons (Fsp3) is 0.200. The van der Waals surface area contributed by atoms with Gasteiger partial charge in [-0.25, -0.2) is 0 Å². The summed E-state index contributed by atoms with van der Waals surface area (Å²) in [6.45, 7) is 4.54. The summed E-state index contributed by atoms with van der Waals surface area (Å²) >= 11 is 0. The van der Waals surface area contributed by atoms with Crippen LogP contribution in [-0.2, 0) is 0 Å². The van der Waals surface area contributed by atoms with Gasteiger partial charge in [0.05, 0.1) is 0 Å². The number of hydrogen-bond donors (Lipinski definition) is 0. The molecule has 0 saturated carbocycles. The highest BCUT2D eigenvalue weighted by Gasteiger charge is 2.28. The Labute approximate surface area is 90.7 Å². The van der Waals surface area contributed by atoms with Gasteiger partial charge in [0.25, 0.3) is 0 Å². The molecule has 0 heterocycles. The van der Waals surface area contributed by atoms with Crippen LogP contribution in [-0.4, -0.2) is 0 Å². The molecule has 0 aromatic rings. The lowest BCUT2D eigenvalue weighted by molar-refractivity contribution is 0.593. The van der Waals surface area contributed by atoms with E-state index in [0.29, 0.717) is 0 Å². The van der Waals surface area contributed by atoms with Crippen LogP contribution in [0, 0.1) is 5.41 Å². The smallest absolute Gasteiger partial charge is 0.00847 e. The van der Waals surface area contributed by atoms with Crippen LogP contribution in [0.1, 0.15) is 13.8 Å². The van der Waals surface area contributed by atoms with Crippen LogP contribution >= 0.6 is 0 Å². The minimum Gasteiger partial charge on any atom is -0.0738 e. The Kier molecular flexibility index (Phi) is 1.59. The molecule has 3 aliphatic carbocycles. The Morgan fingerprint density at radius 3 is 2.47 bits per heavy atom. The van der Waals surface area contributed by atoms with E-state index < -0.39 is 0 Å². The van der Waals surface area contributed by atoms with Gasteiger partial charge in [-0.1, -0.05) is 62.5 Å². The van der Waals surface area contributed by atoms with Gasteiger partial charge in [0.15, 0.2) is 0 Å². The van der Waals surface area contributed by atoms with E-state index in [-0.39, 0.29) is 5.41 Å². The van der Waals surface area contributed by atoms with Crippen molar-refractivity contribution < 1.29 is 0 Å². The fourth-order valence-corrected chi connectivity index (χ4v) is 2.43. The molecule has 0 N–H and O–H groups in total. The molecule has 0 atom stereocenters. The first-order valence-electron chi connectivity index (χ1n) is 5.40. The van der Waals surface area contributed by atoms with Crippen molar-refractivity contribution >= 4 is 0 Å². The van der Waals surface area contributed by atoms with Gasteiger partial charge < -0.3 is 0 Å². The highest BCUT2D eigenvalue weighted by Crippen LogP contribution is 2.43. The molecule has 3 rings (SSSR count). The summed E-state index contributed by atoms with van der Waals surface area (Å²) in [5, 5.41) is 0. The lowest BCUT2D eigenvalue weighted by Gasteiger charge is -2.22. The van der Waals surface area contributed by atoms with Crippen LogP contribution in [0.2, 0.25) is 0 Å². The van der Waals surface area contributed by atoms with Crippen molar-refractivity contribution in [1.29, 1.82) is 0 Å². The summed E-state index contributed by atoms with van der Waals surface area (Å²) in [7, 11) is 0. The van der Waals surface area contributed by atoms with E-state index >= 15 is 0 Å². The second kappa shape index (κ2) is 2.73. The van der Waals surface area contributed by atoms with E-state index in [0.717, 1.165) is 0 Å². The van der Waals surface area contributed by atoms with E-state index in [2.05, 4.69) is 62.5 Å². The van der Waals surface area contributed by atoms with Gasteiger partial charge >= 0.3 is 0 Å². The average molecular weight is 194 g/mol. The third-order valence-electron chi connectivity index (χ3n) is 3.33. The highest BCUT2D eigenvalue weighted by atomic mass is 14.3. The van der Waals surface area contributed by atoms with E-state index in [1.54, 1.807) is 0 Å². The minimum absolute atomic E-state index is 0.144. The van der Waals surface area contributed by atoms with Gasteiger partial charge in [0.1, 0.15) is 0 Å². The Bertz CT molecular complexity index is 500. The van der Waals surface area contributed by atoms with E-state index in [1.165, 1.54) is 22.3 Å². The highest BCUT2D eigenvalue weighted by molar-refractivity contribution is 5.68. The average Bonchev–Trinajstić information content (AvgIpc) is 2.81. The Morgan fingerprint density at radius 2 is 1.60 bits per heavy atom. The zero-order valence-corrected chi connectivity index (χ0v) is 9.12. The van der Waals surface area contributed by atoms with Crippen molar-refractivity contribution in [3.63, 3.8) is 0 Å². The number of rotatable bonds is 0. The van der Waals surface area contributed by atoms with Crippen molar-refractivity contribution in [3.05, 3.63) is 70.9 Å². The molecule has 0 unspecified atom stereocenters. The lowest BCUT2D eigenvalue weighted by Crippen LogP contribution is -2.10. The van der Waals surface area contributed by atoms with Gasteiger partial charge in [-0.2, -0.15) is 0 Å². The molecule has 0 amide bonds. The van der Waals surface area contributed by atoms with Crippen LogP contribution in [0.4, 0.5) is 0 Å². The van der Waals surface area contributed by atoms with Crippen LogP contribution in [0.25, 0.3) is 0 Å². The third-order valence-corrected chi connectivity index (χ3v) is 3.33. The van der Waals surface area contributed by atoms with E-state index in [1.807, 2.05) is 0 Å². The molecule has 15 heavy (non-hydrogen) atoms. The predicted octanol–water partition coefficient (Wildman–Crippen LogP) is 3.87. The van der Waals surface area contributed by atoms with E-state index in [4.69, 9.17) is 0 Å². The van der Waals surface area contributed by atoms with Gasteiger partial charge in [-0.15, -0.1) is 0 Å². The summed E-state index contributed by atoms with van der Waals surface area (Å²) in [4.78, 5) is 0. The molecule has 0 aromatic carbocycles. The largest absolute Gasteiger partial charge is 0.0738 e. The van der Waals surface area contributed by atoms with Crippen LogP contribution in [0.5, 0.6) is 0 Å². The second-order valence-electron chi connectivity index (χ2n) is 4.80. The molecule has 0 fully saturated rings. The number of allylic oxidation sites excluding steroid dienone is 12. The van der Waals surface area contributed by atoms with Crippen molar-refractivity contribution in [2.75, 3.05) is 0 Å². The van der Waals surface area contributed by atoms with Gasteiger partial charge in [-0.05, 0) is 22.3 Å². The Morgan fingerprint density at radius 1 is 0.867 bits per heavy atom. The molecule has 74 valence electrons. The summed E-state index contributed by atoms with van der Waals surface area (Å²) in [6, 6.07) is 0. The molecule has 0 aromatic heterocycles. The van der Waals surface area contributed by atoms with Gasteiger partial charge in [0, 0.05) is 5.41 Å². The molecular formula is C15H14. The van der Waals surface area contributed by atoms with Crippen molar-refractivity contribution in [3.8, 4) is 0 Å². The summed E-state index contributed by atoms with van der Waals surface area (Å²) in [5.41, 5.74) is 5.68. The molecular weight excluding hydrogens is 180 g/mol. The van der Waals surface area contributed by atoms with Crippen molar-refractivity contribution in [2.45, 2.75) is 13.8 Å². The standard InChI is InChI=1S/C15H14/c1-15(2)10-9-11-5-3-6-12(11)13-7-4-8-14(13)15/h3-10H,1-2H3. The van der Waals surface area contributed by atoms with Crippen molar-refractivity contribution in [1.82, 2.24) is 0 Å². The first-order chi connectivity index (χ1) is 7.18. The third kappa shape index (κ3) is 1.14. The van der Waals surface area contributed by atoms with Gasteiger partial charge in [-0.3, -0.25) is 0 Å². The summed E-state index contributed by atoms with van der Waals surface area (Å²) in [6.07, 6.45) is 17.7. The van der Waals surface area contributed by atoms with E-state index in [9.17, 15) is 0 Å². The number of fused-ring (bicyclic) bond motifs is 2. The summed E-state index contributed by atoms with van der Waals surface area (Å²) in [5.74, 6) is 0. The molecule has 0 radical (unpaired) electrons. The SMILES string of the molecule is CC1(C)C=CC2=CC=CC2=C2C=CC=C21. The lowest BCUT2D eigenvalue weighted by atomic mass is 9.81. The maximum absolute atomic E-state index is 2.30.